The Morgan fingerprint density at radius 3 is 2.50 bits per heavy atom. The van der Waals surface area contributed by atoms with Gasteiger partial charge in [0.05, 0.1) is 12.6 Å². The number of hydrogen-bond donors (Lipinski definition) is 3. The Balaban J connectivity index is 2.24. The maximum absolute atomic E-state index is 11.8. The van der Waals surface area contributed by atoms with E-state index in [0.717, 1.165) is 37.8 Å². The number of carbonyl (C=O) groups excluding carboxylic acids is 1. The van der Waals surface area contributed by atoms with Crippen molar-refractivity contribution in [3.63, 3.8) is 0 Å². The van der Waals surface area contributed by atoms with Crippen LogP contribution in [0.15, 0.2) is 30.3 Å². The first-order chi connectivity index (χ1) is 9.76. The third kappa shape index (κ3) is 7.26. The average Bonchev–Trinajstić information content (AvgIpc) is 2.47. The molecule has 4 N–H and O–H groups in total. The molecule has 0 spiro atoms. The number of hydrogen-bond acceptors (Lipinski definition) is 3. The molecule has 1 amide bonds. The lowest BCUT2D eigenvalue weighted by Crippen LogP contribution is -2.38. The first kappa shape index (κ1) is 16.7. The van der Waals surface area contributed by atoms with Gasteiger partial charge in [-0.15, -0.1) is 0 Å². The molecule has 0 bridgehead atoms. The summed E-state index contributed by atoms with van der Waals surface area (Å²) in [5, 5.41) is 12.2. The second-order valence-electron chi connectivity index (χ2n) is 5.09. The molecule has 1 rings (SSSR count). The van der Waals surface area contributed by atoms with Crippen molar-refractivity contribution in [3.8, 4) is 0 Å². The lowest BCUT2D eigenvalue weighted by molar-refractivity contribution is -0.122. The van der Waals surface area contributed by atoms with E-state index in [4.69, 9.17) is 5.73 Å². The number of nitrogens with one attached hydrogen (secondary N) is 1. The van der Waals surface area contributed by atoms with Crippen LogP contribution in [-0.2, 0) is 11.2 Å². The number of aliphatic hydroxyl groups excluding tert-OH is 1. The van der Waals surface area contributed by atoms with Crippen LogP contribution in [0.4, 0.5) is 0 Å². The quantitative estimate of drug-likeness (QED) is 0.569. The SMILES string of the molecule is NCCCCCCC(=O)N[C@H](CO)Cc1ccccc1. The Morgan fingerprint density at radius 1 is 1.15 bits per heavy atom. The second-order valence-corrected chi connectivity index (χ2v) is 5.09. The predicted octanol–water partition coefficient (Wildman–Crippen LogP) is 1.62. The number of benzene rings is 1. The monoisotopic (exact) mass is 278 g/mol. The van der Waals surface area contributed by atoms with Gasteiger partial charge in [-0.25, -0.2) is 0 Å². The van der Waals surface area contributed by atoms with Gasteiger partial charge < -0.3 is 16.2 Å². The topological polar surface area (TPSA) is 75.4 Å². The molecule has 4 heteroatoms. The van der Waals surface area contributed by atoms with Gasteiger partial charge >= 0.3 is 0 Å². The Morgan fingerprint density at radius 2 is 1.85 bits per heavy atom. The number of rotatable bonds is 10. The summed E-state index contributed by atoms with van der Waals surface area (Å²) in [7, 11) is 0. The van der Waals surface area contributed by atoms with E-state index >= 15 is 0 Å². The summed E-state index contributed by atoms with van der Waals surface area (Å²) >= 11 is 0. The fraction of sp³-hybridized carbons (Fsp3) is 0.562. The van der Waals surface area contributed by atoms with Crippen LogP contribution in [0.25, 0.3) is 0 Å². The van der Waals surface area contributed by atoms with Crippen LogP contribution in [0.2, 0.25) is 0 Å². The molecule has 1 aromatic carbocycles. The molecule has 0 radical (unpaired) electrons. The van der Waals surface area contributed by atoms with E-state index in [1.165, 1.54) is 0 Å². The summed E-state index contributed by atoms with van der Waals surface area (Å²) in [6.07, 6.45) is 5.21. The van der Waals surface area contributed by atoms with Gasteiger partial charge in [-0.2, -0.15) is 0 Å². The number of carbonyl (C=O) groups is 1. The molecular formula is C16H26N2O2. The Kier molecular flexibility index (Phi) is 8.67. The van der Waals surface area contributed by atoms with Gasteiger partial charge in [-0.1, -0.05) is 43.2 Å². The number of amides is 1. The van der Waals surface area contributed by atoms with Crippen molar-refractivity contribution in [2.24, 2.45) is 5.73 Å². The second kappa shape index (κ2) is 10.4. The molecule has 112 valence electrons. The van der Waals surface area contributed by atoms with E-state index in [0.29, 0.717) is 12.8 Å². The third-order valence-corrected chi connectivity index (χ3v) is 3.27. The average molecular weight is 278 g/mol. The van der Waals surface area contributed by atoms with Crippen LogP contribution in [0.5, 0.6) is 0 Å². The van der Waals surface area contributed by atoms with Gasteiger partial charge in [-0.05, 0) is 31.4 Å². The minimum Gasteiger partial charge on any atom is -0.394 e. The van der Waals surface area contributed by atoms with Crippen molar-refractivity contribution >= 4 is 5.91 Å². The van der Waals surface area contributed by atoms with Crippen LogP contribution < -0.4 is 11.1 Å². The van der Waals surface area contributed by atoms with E-state index in [2.05, 4.69) is 5.32 Å². The van der Waals surface area contributed by atoms with Gasteiger partial charge in [-0.3, -0.25) is 4.79 Å². The summed E-state index contributed by atoms with van der Waals surface area (Å²) in [6, 6.07) is 9.68. The van der Waals surface area contributed by atoms with Crippen LogP contribution in [0.3, 0.4) is 0 Å². The van der Waals surface area contributed by atoms with Crippen LogP contribution in [0, 0.1) is 0 Å². The lowest BCUT2D eigenvalue weighted by Gasteiger charge is -2.16. The first-order valence-corrected chi connectivity index (χ1v) is 7.40. The minimum atomic E-state index is -0.200. The summed E-state index contributed by atoms with van der Waals surface area (Å²) < 4.78 is 0. The maximum atomic E-state index is 11.8. The summed E-state index contributed by atoms with van der Waals surface area (Å²) in [6.45, 7) is 0.684. The molecule has 0 heterocycles. The van der Waals surface area contributed by atoms with Crippen molar-refractivity contribution in [1.29, 1.82) is 0 Å². The largest absolute Gasteiger partial charge is 0.394 e. The van der Waals surface area contributed by atoms with Crippen LogP contribution >= 0.6 is 0 Å². The fourth-order valence-corrected chi connectivity index (χ4v) is 2.14. The van der Waals surface area contributed by atoms with Crippen molar-refractivity contribution < 1.29 is 9.90 Å². The van der Waals surface area contributed by atoms with E-state index < -0.39 is 0 Å². The molecule has 0 fully saturated rings. The predicted molar refractivity (Wildman–Crippen MR) is 81.3 cm³/mol. The maximum Gasteiger partial charge on any atom is 0.220 e. The molecular weight excluding hydrogens is 252 g/mol. The van der Waals surface area contributed by atoms with Gasteiger partial charge in [0.1, 0.15) is 0 Å². The zero-order chi connectivity index (χ0) is 14.6. The van der Waals surface area contributed by atoms with Gasteiger partial charge in [0.2, 0.25) is 5.91 Å². The summed E-state index contributed by atoms with van der Waals surface area (Å²) in [4.78, 5) is 11.8. The molecule has 0 unspecified atom stereocenters. The molecule has 4 nitrogen and oxygen atoms in total. The van der Waals surface area contributed by atoms with E-state index in [1.54, 1.807) is 0 Å². The van der Waals surface area contributed by atoms with E-state index in [-0.39, 0.29) is 18.6 Å². The molecule has 0 saturated heterocycles. The van der Waals surface area contributed by atoms with Crippen molar-refractivity contribution in [3.05, 3.63) is 35.9 Å². The molecule has 20 heavy (non-hydrogen) atoms. The molecule has 0 saturated carbocycles. The minimum absolute atomic E-state index is 0.0210. The number of nitrogens with two attached hydrogens (primary N) is 1. The molecule has 0 aliphatic heterocycles. The highest BCUT2D eigenvalue weighted by Gasteiger charge is 2.11. The molecule has 1 atom stereocenters. The van der Waals surface area contributed by atoms with Crippen LogP contribution in [0.1, 0.15) is 37.7 Å². The summed E-state index contributed by atoms with van der Waals surface area (Å²) in [5.41, 5.74) is 6.54. The van der Waals surface area contributed by atoms with E-state index in [9.17, 15) is 9.90 Å². The third-order valence-electron chi connectivity index (χ3n) is 3.27. The normalized spacial score (nSPS) is 12.1. The highest BCUT2D eigenvalue weighted by molar-refractivity contribution is 5.76. The van der Waals surface area contributed by atoms with Gasteiger partial charge in [0.25, 0.3) is 0 Å². The van der Waals surface area contributed by atoms with Gasteiger partial charge in [0.15, 0.2) is 0 Å². The summed E-state index contributed by atoms with van der Waals surface area (Å²) in [5.74, 6) is 0.0210. The highest BCUT2D eigenvalue weighted by atomic mass is 16.3. The first-order valence-electron chi connectivity index (χ1n) is 7.40. The Hall–Kier alpha value is -1.39. The van der Waals surface area contributed by atoms with Crippen molar-refractivity contribution in [1.82, 2.24) is 5.32 Å². The number of aliphatic hydroxyl groups is 1. The van der Waals surface area contributed by atoms with Crippen LogP contribution in [-0.4, -0.2) is 30.2 Å². The zero-order valence-corrected chi connectivity index (χ0v) is 12.1. The van der Waals surface area contributed by atoms with E-state index in [1.807, 2.05) is 30.3 Å². The van der Waals surface area contributed by atoms with Crippen molar-refractivity contribution in [2.75, 3.05) is 13.2 Å². The lowest BCUT2D eigenvalue weighted by atomic mass is 10.1. The standard InChI is InChI=1S/C16H26N2O2/c17-11-7-2-1-6-10-16(20)18-15(13-19)12-14-8-4-3-5-9-14/h3-5,8-9,15,19H,1-2,6-7,10-13,17H2,(H,18,20)/t15-/m0/s1. The molecule has 0 aliphatic rings. The molecule has 0 aromatic heterocycles. The Labute approximate surface area is 121 Å². The van der Waals surface area contributed by atoms with Crippen molar-refractivity contribution in [2.45, 2.75) is 44.6 Å². The van der Waals surface area contributed by atoms with Gasteiger partial charge in [0, 0.05) is 6.42 Å². The molecule has 1 aromatic rings. The number of unbranched alkanes of at least 4 members (excludes halogenated alkanes) is 3. The molecule has 0 aliphatic carbocycles. The highest BCUT2D eigenvalue weighted by Crippen LogP contribution is 2.05. The smallest absolute Gasteiger partial charge is 0.220 e. The zero-order valence-electron chi connectivity index (χ0n) is 12.1. The fourth-order valence-electron chi connectivity index (χ4n) is 2.14. The Bertz CT molecular complexity index is 368.